The normalized spacial score (nSPS) is 11.3. The monoisotopic (exact) mass is 302 g/mol. The lowest BCUT2D eigenvalue weighted by Crippen LogP contribution is -2.06. The van der Waals surface area contributed by atoms with E-state index in [2.05, 4.69) is 19.1 Å². The van der Waals surface area contributed by atoms with E-state index in [0.717, 1.165) is 26.4 Å². The van der Waals surface area contributed by atoms with E-state index in [1.54, 1.807) is 0 Å². The van der Waals surface area contributed by atoms with Crippen LogP contribution in [0.2, 0.25) is 0 Å². The van der Waals surface area contributed by atoms with Crippen molar-refractivity contribution in [2.75, 3.05) is 14.2 Å². The van der Waals surface area contributed by atoms with Crippen LogP contribution in [0.15, 0.2) is 27.8 Å². The maximum atomic E-state index is 11.4. The Hall–Kier alpha value is -2.33. The van der Waals surface area contributed by atoms with E-state index in [9.17, 15) is 18.0 Å². The Balaban J connectivity index is 3.34. The first kappa shape index (κ1) is 15.7. The third-order valence-corrected chi connectivity index (χ3v) is 2.31. The zero-order valence-corrected chi connectivity index (χ0v) is 11.2. The molecule has 0 aliphatic heterocycles. The van der Waals surface area contributed by atoms with Crippen molar-refractivity contribution in [3.8, 4) is 0 Å². The first-order valence-corrected chi connectivity index (χ1v) is 6.38. The average Bonchev–Trinajstić information content (AvgIpc) is 2.42. The zero-order chi connectivity index (χ0) is 15.3. The number of ether oxygens (including phenoxy) is 2. The predicted octanol–water partition coefficient (Wildman–Crippen LogP) is 1.15. The van der Waals surface area contributed by atoms with Gasteiger partial charge >= 0.3 is 22.2 Å². The van der Waals surface area contributed by atoms with Crippen molar-refractivity contribution in [2.45, 2.75) is 0 Å². The third-order valence-electron chi connectivity index (χ3n) is 2.02. The summed E-state index contributed by atoms with van der Waals surface area (Å²) in [7, 11) is -2.41. The number of carbonyl (C=O) groups is 2. The number of hydrogen-bond acceptors (Lipinski definition) is 7. The molecule has 0 atom stereocenters. The quantitative estimate of drug-likeness (QED) is 0.501. The predicted molar refractivity (Wildman–Crippen MR) is 65.2 cm³/mol. The van der Waals surface area contributed by atoms with Crippen LogP contribution in [-0.2, 0) is 19.8 Å². The standard InChI is InChI=1S/C10H10N2O7S/c1-18-9(13)6-3-7(10(14)19-2)5-8(4-6)11-12-20(15,16)17/h3-5H,1-2H3,(H,15,16,17). The smallest absolute Gasteiger partial charge is 0.396 e. The van der Waals surface area contributed by atoms with Crippen LogP contribution in [-0.4, -0.2) is 39.1 Å². The molecule has 10 heteroatoms. The lowest BCUT2D eigenvalue weighted by Gasteiger charge is -2.04. The Morgan fingerprint density at radius 2 is 1.50 bits per heavy atom. The van der Waals surface area contributed by atoms with Crippen molar-refractivity contribution < 1.29 is 32.0 Å². The number of benzene rings is 1. The molecule has 0 aliphatic carbocycles. The molecule has 1 aromatic carbocycles. The molecule has 108 valence electrons. The van der Waals surface area contributed by atoms with Crippen LogP contribution in [0.25, 0.3) is 0 Å². The van der Waals surface area contributed by atoms with E-state index in [1.807, 2.05) is 0 Å². The number of methoxy groups -OCH3 is 2. The van der Waals surface area contributed by atoms with Gasteiger partial charge in [0.15, 0.2) is 0 Å². The van der Waals surface area contributed by atoms with E-state index in [1.165, 1.54) is 6.07 Å². The fourth-order valence-electron chi connectivity index (χ4n) is 1.24. The minimum atomic E-state index is -4.67. The number of nitrogens with zero attached hydrogens (tertiary/aromatic N) is 2. The van der Waals surface area contributed by atoms with Gasteiger partial charge in [-0.1, -0.05) is 0 Å². The average molecular weight is 302 g/mol. The van der Waals surface area contributed by atoms with E-state index in [-0.39, 0.29) is 16.8 Å². The van der Waals surface area contributed by atoms with Crippen LogP contribution in [0.5, 0.6) is 0 Å². The molecule has 0 aromatic heterocycles. The molecule has 0 fully saturated rings. The number of hydrogen-bond donors (Lipinski definition) is 1. The Morgan fingerprint density at radius 3 is 1.85 bits per heavy atom. The third kappa shape index (κ3) is 4.40. The highest BCUT2D eigenvalue weighted by Gasteiger charge is 2.14. The first-order valence-electron chi connectivity index (χ1n) is 4.99. The van der Waals surface area contributed by atoms with E-state index < -0.39 is 22.2 Å². The van der Waals surface area contributed by atoms with Crippen LogP contribution in [0, 0.1) is 0 Å². The van der Waals surface area contributed by atoms with Gasteiger partial charge in [0, 0.05) is 0 Å². The molecule has 0 spiro atoms. The van der Waals surface area contributed by atoms with E-state index in [0.29, 0.717) is 0 Å². The maximum Gasteiger partial charge on any atom is 0.396 e. The molecule has 0 unspecified atom stereocenters. The topological polar surface area (TPSA) is 132 Å². The summed E-state index contributed by atoms with van der Waals surface area (Å²) < 4.78 is 41.0. The molecule has 0 bridgehead atoms. The molecule has 0 heterocycles. The second-order valence-corrected chi connectivity index (χ2v) is 4.44. The molecule has 0 aliphatic rings. The summed E-state index contributed by atoms with van der Waals surface area (Å²) >= 11 is 0. The summed E-state index contributed by atoms with van der Waals surface area (Å²) in [6, 6.07) is 3.45. The second-order valence-electron chi connectivity index (χ2n) is 3.38. The van der Waals surface area contributed by atoms with Crippen molar-refractivity contribution in [1.82, 2.24) is 0 Å². The van der Waals surface area contributed by atoms with Gasteiger partial charge < -0.3 is 9.47 Å². The number of rotatable bonds is 4. The molecule has 1 N–H and O–H groups in total. The molecule has 1 rings (SSSR count). The van der Waals surface area contributed by atoms with Gasteiger partial charge in [-0.05, 0) is 22.7 Å². The zero-order valence-electron chi connectivity index (χ0n) is 10.4. The summed E-state index contributed by atoms with van der Waals surface area (Å²) in [6.45, 7) is 0. The number of carbonyl (C=O) groups excluding carboxylic acids is 2. The van der Waals surface area contributed by atoms with Gasteiger partial charge in [0.05, 0.1) is 31.0 Å². The highest BCUT2D eigenvalue weighted by molar-refractivity contribution is 7.84. The minimum Gasteiger partial charge on any atom is -0.465 e. The summed E-state index contributed by atoms with van der Waals surface area (Å²) in [5.41, 5.74) is -0.259. The maximum absolute atomic E-state index is 11.4. The van der Waals surface area contributed by atoms with E-state index >= 15 is 0 Å². The summed E-state index contributed by atoms with van der Waals surface area (Å²) in [4.78, 5) is 22.8. The second kappa shape index (κ2) is 6.21. The highest BCUT2D eigenvalue weighted by Crippen LogP contribution is 2.20. The number of esters is 2. The van der Waals surface area contributed by atoms with Gasteiger partial charge in [-0.2, -0.15) is 8.42 Å². The fraction of sp³-hybridized carbons (Fsp3) is 0.200. The molecule has 0 saturated carbocycles. The molecule has 0 saturated heterocycles. The highest BCUT2D eigenvalue weighted by atomic mass is 32.2. The molecule has 1 aromatic rings. The van der Waals surface area contributed by atoms with Crippen molar-refractivity contribution in [2.24, 2.45) is 9.63 Å². The van der Waals surface area contributed by atoms with E-state index in [4.69, 9.17) is 4.55 Å². The van der Waals surface area contributed by atoms with Gasteiger partial charge in [-0.15, -0.1) is 5.11 Å². The Labute approximate surface area is 114 Å². The van der Waals surface area contributed by atoms with Gasteiger partial charge in [-0.3, -0.25) is 4.55 Å². The first-order chi connectivity index (χ1) is 9.26. The Bertz CT molecular complexity index is 632. The lowest BCUT2D eigenvalue weighted by atomic mass is 10.1. The molecule has 0 amide bonds. The van der Waals surface area contributed by atoms with Gasteiger partial charge in [0.1, 0.15) is 0 Å². The molecule has 20 heavy (non-hydrogen) atoms. The van der Waals surface area contributed by atoms with Crippen LogP contribution in [0.1, 0.15) is 20.7 Å². The summed E-state index contributed by atoms with van der Waals surface area (Å²) in [5.74, 6) is -1.53. The van der Waals surface area contributed by atoms with Crippen LogP contribution >= 0.6 is 0 Å². The summed E-state index contributed by atoms with van der Waals surface area (Å²) in [5, 5.41) is 3.20. The Kier molecular flexibility index (Phi) is 4.88. The van der Waals surface area contributed by atoms with Crippen molar-refractivity contribution >= 4 is 27.9 Å². The van der Waals surface area contributed by atoms with Crippen LogP contribution in [0.3, 0.4) is 0 Å². The van der Waals surface area contributed by atoms with Gasteiger partial charge in [-0.25, -0.2) is 9.59 Å². The molecular formula is C10H10N2O7S. The SMILES string of the molecule is COC(=O)c1cc(N=NS(=O)(=O)O)cc(C(=O)OC)c1. The van der Waals surface area contributed by atoms with Gasteiger partial charge in [0.25, 0.3) is 0 Å². The van der Waals surface area contributed by atoms with Crippen molar-refractivity contribution in [3.63, 3.8) is 0 Å². The minimum absolute atomic E-state index is 0.0558. The fourth-order valence-corrected chi connectivity index (χ4v) is 1.44. The molecular weight excluding hydrogens is 292 g/mol. The van der Waals surface area contributed by atoms with Crippen molar-refractivity contribution in [1.29, 1.82) is 0 Å². The van der Waals surface area contributed by atoms with Crippen LogP contribution < -0.4 is 0 Å². The van der Waals surface area contributed by atoms with Crippen LogP contribution in [0.4, 0.5) is 5.69 Å². The van der Waals surface area contributed by atoms with Gasteiger partial charge in [0.2, 0.25) is 0 Å². The lowest BCUT2D eigenvalue weighted by molar-refractivity contribution is 0.0599. The molecule has 0 radical (unpaired) electrons. The molecule has 9 nitrogen and oxygen atoms in total. The van der Waals surface area contributed by atoms with Crippen molar-refractivity contribution in [3.05, 3.63) is 29.3 Å². The summed E-state index contributed by atoms with van der Waals surface area (Å²) in [6.07, 6.45) is 0. The largest absolute Gasteiger partial charge is 0.465 e. The Morgan fingerprint density at radius 1 is 1.05 bits per heavy atom.